The number of hydrogen-bond donors (Lipinski definition) is 1. The number of methoxy groups -OCH3 is 1. The molecule has 5 rings (SSSR count). The van der Waals surface area contributed by atoms with Gasteiger partial charge in [-0.2, -0.15) is 0 Å². The zero-order chi connectivity index (χ0) is 20.5. The van der Waals surface area contributed by atoms with E-state index in [0.717, 1.165) is 38.3 Å². The third kappa shape index (κ3) is 3.58. The fourth-order valence-electron chi connectivity index (χ4n) is 3.37. The van der Waals surface area contributed by atoms with Crippen LogP contribution in [0.3, 0.4) is 0 Å². The van der Waals surface area contributed by atoms with Crippen LogP contribution in [0.15, 0.2) is 75.9 Å². The predicted octanol–water partition coefficient (Wildman–Crippen LogP) is 5.50. The zero-order valence-corrected chi connectivity index (χ0v) is 17.7. The lowest BCUT2D eigenvalue weighted by Crippen LogP contribution is -2.09. The van der Waals surface area contributed by atoms with Gasteiger partial charge in [0.25, 0.3) is 5.56 Å². The second-order valence-corrected chi connectivity index (χ2v) is 8.61. The Morgan fingerprint density at radius 1 is 1.03 bits per heavy atom. The van der Waals surface area contributed by atoms with E-state index < -0.39 is 0 Å². The lowest BCUT2D eigenvalue weighted by atomic mass is 10.0. The monoisotopic (exact) mass is 431 g/mol. The lowest BCUT2D eigenvalue weighted by molar-refractivity contribution is 0.415. The quantitative estimate of drug-likeness (QED) is 0.372. The van der Waals surface area contributed by atoms with Crippen LogP contribution >= 0.6 is 23.1 Å². The van der Waals surface area contributed by atoms with Gasteiger partial charge in [0.05, 0.1) is 28.9 Å². The number of benzene rings is 2. The van der Waals surface area contributed by atoms with E-state index in [9.17, 15) is 4.79 Å². The van der Waals surface area contributed by atoms with Crippen molar-refractivity contribution in [3.63, 3.8) is 0 Å². The van der Waals surface area contributed by atoms with Crippen LogP contribution in [-0.2, 0) is 5.75 Å². The molecule has 0 unspecified atom stereocenters. The van der Waals surface area contributed by atoms with Crippen molar-refractivity contribution < 1.29 is 4.74 Å². The summed E-state index contributed by atoms with van der Waals surface area (Å²) in [6.45, 7) is 0. The molecule has 0 saturated heterocycles. The van der Waals surface area contributed by atoms with Crippen molar-refractivity contribution in [2.24, 2.45) is 0 Å². The molecule has 0 amide bonds. The number of pyridine rings is 1. The summed E-state index contributed by atoms with van der Waals surface area (Å²) in [6, 6.07) is 20.2. The summed E-state index contributed by atoms with van der Waals surface area (Å²) in [6.07, 6.45) is 0. The zero-order valence-electron chi connectivity index (χ0n) is 16.1. The van der Waals surface area contributed by atoms with Crippen LogP contribution in [0.25, 0.3) is 32.2 Å². The summed E-state index contributed by atoms with van der Waals surface area (Å²) in [7, 11) is 1.65. The Balaban J connectivity index is 1.55. The minimum absolute atomic E-state index is 0.0909. The maximum Gasteiger partial charge on any atom is 0.268 e. The molecule has 3 aromatic heterocycles. The largest absolute Gasteiger partial charge is 0.497 e. The van der Waals surface area contributed by atoms with E-state index in [0.29, 0.717) is 16.3 Å². The Bertz CT molecular complexity index is 1410. The van der Waals surface area contributed by atoms with Gasteiger partial charge in [-0.3, -0.25) is 4.79 Å². The minimum Gasteiger partial charge on any atom is -0.497 e. The second kappa shape index (κ2) is 7.93. The molecule has 0 fully saturated rings. The first-order valence-corrected chi connectivity index (χ1v) is 11.2. The number of aromatic nitrogens is 3. The highest BCUT2D eigenvalue weighted by atomic mass is 32.2. The Morgan fingerprint density at radius 2 is 1.90 bits per heavy atom. The molecule has 0 atom stereocenters. The number of nitrogens with zero attached hydrogens (tertiary/aromatic N) is 2. The van der Waals surface area contributed by atoms with E-state index in [2.05, 4.69) is 28.2 Å². The van der Waals surface area contributed by atoms with Gasteiger partial charge in [-0.15, -0.1) is 11.3 Å². The molecule has 2 aromatic carbocycles. The van der Waals surface area contributed by atoms with Crippen molar-refractivity contribution in [1.29, 1.82) is 0 Å². The van der Waals surface area contributed by atoms with Crippen LogP contribution in [-0.4, -0.2) is 22.1 Å². The number of aromatic amines is 1. The van der Waals surface area contributed by atoms with Gasteiger partial charge in [-0.25, -0.2) is 9.97 Å². The first kappa shape index (κ1) is 18.8. The van der Waals surface area contributed by atoms with Gasteiger partial charge in [-0.05, 0) is 40.8 Å². The van der Waals surface area contributed by atoms with E-state index in [-0.39, 0.29) is 5.56 Å². The van der Waals surface area contributed by atoms with Gasteiger partial charge in [0.15, 0.2) is 0 Å². The molecular formula is C23H17N3O2S2. The molecule has 148 valence electrons. The summed E-state index contributed by atoms with van der Waals surface area (Å²) >= 11 is 2.95. The van der Waals surface area contributed by atoms with Gasteiger partial charge in [0.1, 0.15) is 16.3 Å². The molecule has 0 aliphatic heterocycles. The van der Waals surface area contributed by atoms with Gasteiger partial charge < -0.3 is 9.72 Å². The predicted molar refractivity (Wildman–Crippen MR) is 124 cm³/mol. The van der Waals surface area contributed by atoms with Crippen molar-refractivity contribution in [2.75, 3.05) is 7.11 Å². The molecular weight excluding hydrogens is 414 g/mol. The van der Waals surface area contributed by atoms with Crippen LogP contribution in [0, 0.1) is 0 Å². The molecule has 30 heavy (non-hydrogen) atoms. The summed E-state index contributed by atoms with van der Waals surface area (Å²) in [4.78, 5) is 24.5. The maximum atomic E-state index is 12.2. The number of thiophene rings is 1. The highest BCUT2D eigenvalue weighted by Crippen LogP contribution is 2.34. The number of ether oxygens (including phenoxy) is 1. The summed E-state index contributed by atoms with van der Waals surface area (Å²) in [5.41, 5.74) is 3.75. The summed E-state index contributed by atoms with van der Waals surface area (Å²) < 4.78 is 6.05. The van der Waals surface area contributed by atoms with Crippen LogP contribution in [0.2, 0.25) is 0 Å². The molecule has 5 aromatic rings. The highest BCUT2D eigenvalue weighted by molar-refractivity contribution is 7.98. The minimum atomic E-state index is -0.0909. The molecule has 0 bridgehead atoms. The second-order valence-electron chi connectivity index (χ2n) is 6.69. The van der Waals surface area contributed by atoms with E-state index in [1.165, 1.54) is 11.3 Å². The maximum absolute atomic E-state index is 12.2. The fourth-order valence-corrected chi connectivity index (χ4v) is 4.88. The van der Waals surface area contributed by atoms with E-state index >= 15 is 0 Å². The number of H-pyrrole nitrogens is 1. The highest BCUT2D eigenvalue weighted by Gasteiger charge is 2.11. The van der Waals surface area contributed by atoms with E-state index in [4.69, 9.17) is 9.72 Å². The Morgan fingerprint density at radius 3 is 2.73 bits per heavy atom. The number of hydrogen-bond acceptors (Lipinski definition) is 6. The molecule has 0 radical (unpaired) electrons. The van der Waals surface area contributed by atoms with Crippen molar-refractivity contribution in [1.82, 2.24) is 15.0 Å². The van der Waals surface area contributed by atoms with Gasteiger partial charge in [0, 0.05) is 11.5 Å². The number of rotatable bonds is 5. The van der Waals surface area contributed by atoms with Crippen molar-refractivity contribution in [3.8, 4) is 16.9 Å². The standard InChI is InChI=1S/C23H17N3O2S2/c1-28-15-7-8-16-17(14-5-3-2-4-6-14)12-21(25-19(16)11-15)30-13-20-24-18-9-10-29-22(18)23(27)26-20/h2-12H,13H2,1H3,(H,24,26,27). The van der Waals surface area contributed by atoms with Crippen LogP contribution < -0.4 is 10.3 Å². The van der Waals surface area contributed by atoms with Gasteiger partial charge in [-0.1, -0.05) is 42.1 Å². The average molecular weight is 432 g/mol. The molecule has 3 heterocycles. The number of thioether (sulfide) groups is 1. The van der Waals surface area contributed by atoms with Gasteiger partial charge in [0.2, 0.25) is 0 Å². The molecule has 0 aliphatic rings. The first-order chi connectivity index (χ1) is 14.7. The SMILES string of the molecule is COc1ccc2c(-c3ccccc3)cc(SCc3nc4ccsc4c(=O)[nH]3)nc2c1. The van der Waals surface area contributed by atoms with Crippen molar-refractivity contribution >= 4 is 44.2 Å². The van der Waals surface area contributed by atoms with Crippen LogP contribution in [0.5, 0.6) is 5.75 Å². The Labute approximate surface area is 180 Å². The van der Waals surface area contributed by atoms with E-state index in [1.807, 2.05) is 47.8 Å². The Hall–Kier alpha value is -3.16. The van der Waals surface area contributed by atoms with Crippen molar-refractivity contribution in [3.05, 3.63) is 82.2 Å². The molecule has 5 nitrogen and oxygen atoms in total. The first-order valence-electron chi connectivity index (χ1n) is 9.35. The third-order valence-electron chi connectivity index (χ3n) is 4.80. The van der Waals surface area contributed by atoms with Crippen LogP contribution in [0.1, 0.15) is 5.82 Å². The van der Waals surface area contributed by atoms with Gasteiger partial charge >= 0.3 is 0 Å². The van der Waals surface area contributed by atoms with E-state index in [1.54, 1.807) is 18.9 Å². The topological polar surface area (TPSA) is 67.9 Å². The number of nitrogens with one attached hydrogen (secondary N) is 1. The van der Waals surface area contributed by atoms with Crippen molar-refractivity contribution in [2.45, 2.75) is 10.8 Å². The summed E-state index contributed by atoms with van der Waals surface area (Å²) in [5, 5.41) is 3.81. The molecule has 7 heteroatoms. The summed E-state index contributed by atoms with van der Waals surface area (Å²) in [5.74, 6) is 1.94. The average Bonchev–Trinajstić information content (AvgIpc) is 3.26. The lowest BCUT2D eigenvalue weighted by Gasteiger charge is -2.11. The molecule has 0 aliphatic carbocycles. The smallest absolute Gasteiger partial charge is 0.268 e. The molecule has 0 saturated carbocycles. The normalized spacial score (nSPS) is 11.2. The molecule has 1 N–H and O–H groups in total. The fraction of sp³-hybridized carbons (Fsp3) is 0.0870. The molecule has 0 spiro atoms. The Kier molecular flexibility index (Phi) is 4.98. The third-order valence-corrected chi connectivity index (χ3v) is 6.62. The van der Waals surface area contributed by atoms with Crippen LogP contribution in [0.4, 0.5) is 0 Å². The number of fused-ring (bicyclic) bond motifs is 2.